The van der Waals surface area contributed by atoms with E-state index in [0.717, 1.165) is 33.5 Å². The topological polar surface area (TPSA) is 19.4 Å². The zero-order valence-electron chi connectivity index (χ0n) is 69.3. The molecule has 0 saturated carbocycles. The Balaban J connectivity index is 0.000000200. The summed E-state index contributed by atoms with van der Waals surface area (Å²) in [6.45, 7) is 27.6. The Morgan fingerprint density at radius 2 is 0.511 bits per heavy atom. The molecule has 2 unspecified atom stereocenters. The molecular weight excluding hydrogens is 1090 g/mol. The fourth-order valence-corrected chi connectivity index (χ4v) is 11.9. The Labute approximate surface area is 561 Å². The van der Waals surface area contributed by atoms with Crippen LogP contribution >= 0.6 is 0 Å². The van der Waals surface area contributed by atoms with Crippen molar-refractivity contribution in [2.75, 3.05) is 0 Å². The molecule has 0 amide bonds. The average molecular weight is 1210 g/mol. The molecular formula is C85H110N5+5. The Bertz CT molecular complexity index is 4430. The molecule has 0 aliphatic carbocycles. The fourth-order valence-electron chi connectivity index (χ4n) is 11.9. The molecule has 2 atom stereocenters. The van der Waals surface area contributed by atoms with Crippen LogP contribution in [0.2, 0.25) is 0 Å². The van der Waals surface area contributed by atoms with Crippen molar-refractivity contribution in [3.8, 4) is 56.3 Å². The van der Waals surface area contributed by atoms with Crippen molar-refractivity contribution in [1.82, 2.24) is 0 Å². The van der Waals surface area contributed by atoms with E-state index in [0.29, 0.717) is 29.0 Å². The summed E-state index contributed by atoms with van der Waals surface area (Å²) >= 11 is 0. The summed E-state index contributed by atoms with van der Waals surface area (Å²) in [5.74, 6) is -1.96. The predicted molar refractivity (Wildman–Crippen MR) is 383 cm³/mol. The molecule has 10 rings (SSSR count). The maximum absolute atomic E-state index is 8.40. The molecule has 5 nitrogen and oxygen atoms in total. The quantitative estimate of drug-likeness (QED) is 0.122. The van der Waals surface area contributed by atoms with Gasteiger partial charge >= 0.3 is 0 Å². The van der Waals surface area contributed by atoms with Crippen molar-refractivity contribution in [2.45, 2.75) is 168 Å². The second kappa shape index (κ2) is 32.0. The van der Waals surface area contributed by atoms with Crippen LogP contribution in [0.5, 0.6) is 0 Å². The summed E-state index contributed by atoms with van der Waals surface area (Å²) in [5, 5.41) is 0. The summed E-state index contributed by atoms with van der Waals surface area (Å²) in [6, 6.07) is 51.8. The van der Waals surface area contributed by atoms with Crippen LogP contribution in [-0.2, 0) is 35.2 Å². The Kier molecular flexibility index (Phi) is 19.9. The zero-order chi connectivity index (χ0) is 75.8. The van der Waals surface area contributed by atoms with Crippen molar-refractivity contribution >= 4 is 0 Å². The van der Waals surface area contributed by atoms with E-state index in [1.165, 1.54) is 110 Å². The highest BCUT2D eigenvalue weighted by Gasteiger charge is 2.22. The van der Waals surface area contributed by atoms with E-state index in [4.69, 9.17) is 15.1 Å². The minimum atomic E-state index is -2.66. The highest BCUT2D eigenvalue weighted by atomic mass is 14.9. The molecule has 0 bridgehead atoms. The minimum absolute atomic E-state index is 0.00357. The molecule has 0 aliphatic heterocycles. The van der Waals surface area contributed by atoms with Gasteiger partial charge in [0.05, 0.1) is 0 Å². The number of hydrogen-bond donors (Lipinski definition) is 0. The van der Waals surface area contributed by atoms with Crippen LogP contribution in [0, 0.1) is 69.2 Å². The lowest BCUT2D eigenvalue weighted by molar-refractivity contribution is -0.661. The lowest BCUT2D eigenvalue weighted by Gasteiger charge is -2.11. The number of hydrogen-bond acceptors (Lipinski definition) is 0. The van der Waals surface area contributed by atoms with Crippen LogP contribution in [0.15, 0.2) is 183 Å². The van der Waals surface area contributed by atoms with Crippen molar-refractivity contribution < 1.29 is 37.9 Å². The smallest absolute Gasteiger partial charge is 0.201 e. The number of benzene rings is 5. The number of rotatable bonds is 10. The summed E-state index contributed by atoms with van der Waals surface area (Å²) in [4.78, 5) is 0. The van der Waals surface area contributed by atoms with E-state index in [-0.39, 0.29) is 11.1 Å². The van der Waals surface area contributed by atoms with E-state index in [1.807, 2.05) is 74.0 Å². The first-order valence-corrected chi connectivity index (χ1v) is 31.7. The molecule has 0 fully saturated rings. The van der Waals surface area contributed by atoms with Gasteiger partial charge in [0.1, 0.15) is 35.2 Å². The Morgan fingerprint density at radius 1 is 0.267 bits per heavy atom. The van der Waals surface area contributed by atoms with Crippen LogP contribution < -0.4 is 22.8 Å². The first-order chi connectivity index (χ1) is 46.8. The number of nitrogens with zero attached hydrogens (tertiary/aromatic N) is 5. The largest absolute Gasteiger partial charge is 0.212 e. The van der Waals surface area contributed by atoms with Gasteiger partial charge in [-0.1, -0.05) is 160 Å². The molecule has 10 aromatic rings. The second-order valence-electron chi connectivity index (χ2n) is 25.5. The second-order valence-corrected chi connectivity index (χ2v) is 25.5. The highest BCUT2D eigenvalue weighted by molar-refractivity contribution is 5.65. The molecule has 0 saturated heterocycles. The van der Waals surface area contributed by atoms with E-state index in [9.17, 15) is 0 Å². The molecule has 0 aliphatic rings. The third kappa shape index (κ3) is 17.8. The van der Waals surface area contributed by atoms with Crippen LogP contribution in [0.3, 0.4) is 0 Å². The van der Waals surface area contributed by atoms with Gasteiger partial charge in [0, 0.05) is 101 Å². The first kappa shape index (κ1) is 55.9. The summed E-state index contributed by atoms with van der Waals surface area (Å²) in [7, 11) is 10.00. The predicted octanol–water partition coefficient (Wildman–Crippen LogP) is 19.6. The van der Waals surface area contributed by atoms with Gasteiger partial charge < -0.3 is 0 Å². The van der Waals surface area contributed by atoms with Crippen LogP contribution in [0.4, 0.5) is 0 Å². The zero-order valence-corrected chi connectivity index (χ0v) is 58.3. The summed E-state index contributed by atoms with van der Waals surface area (Å²) in [5.41, 5.74) is 27.3. The maximum Gasteiger partial charge on any atom is 0.212 e. The van der Waals surface area contributed by atoms with Gasteiger partial charge in [0.15, 0.2) is 31.0 Å². The normalized spacial score (nSPS) is 14.5. The third-order valence-electron chi connectivity index (χ3n) is 17.1. The van der Waals surface area contributed by atoms with Gasteiger partial charge in [-0.05, 0) is 185 Å². The molecule has 470 valence electrons. The number of aromatic nitrogens is 5. The van der Waals surface area contributed by atoms with Crippen LogP contribution in [0.1, 0.15) is 197 Å². The molecule has 5 heterocycles. The van der Waals surface area contributed by atoms with Crippen molar-refractivity contribution in [3.63, 3.8) is 0 Å². The van der Waals surface area contributed by atoms with Gasteiger partial charge in [0.2, 0.25) is 28.5 Å². The SMILES string of the molecule is Cc1ccccc1-c1cc(C(C)C)c(C)c[n+]1C.Cc1ccccc1-c1cc(C)c(C(C)C)c[n+]1C.Cc1ccccc1-c1cc(C)c(C(C)C)c[n+]1C.[2H]C([2H])([2H])C([2H])(C)c1c[n+](C)c(-c2ccccc2C)cc1C.[2H]C([2H])([2H])c1c[n+](C)c(-c2ccccc2C)cc1C([2H])(C)C([2H])([2H])[2H]. The molecule has 5 aromatic carbocycles. The van der Waals surface area contributed by atoms with Crippen molar-refractivity contribution in [1.29, 1.82) is 0 Å². The molecule has 5 heteroatoms. The van der Waals surface area contributed by atoms with Gasteiger partial charge in [0.25, 0.3) is 0 Å². The summed E-state index contributed by atoms with van der Waals surface area (Å²) < 4.78 is 96.3. The first-order valence-electron chi connectivity index (χ1n) is 37.2. The van der Waals surface area contributed by atoms with E-state index < -0.39 is 32.3 Å². The van der Waals surface area contributed by atoms with Gasteiger partial charge in [-0.3, -0.25) is 0 Å². The van der Waals surface area contributed by atoms with Crippen molar-refractivity contribution in [3.05, 3.63) is 266 Å². The highest BCUT2D eigenvalue weighted by Crippen LogP contribution is 2.30. The van der Waals surface area contributed by atoms with Crippen LogP contribution in [0.25, 0.3) is 56.3 Å². The molecule has 5 aromatic heterocycles. The van der Waals surface area contributed by atoms with E-state index in [1.54, 1.807) is 17.8 Å². The maximum atomic E-state index is 8.40. The molecule has 0 spiro atoms. The van der Waals surface area contributed by atoms with E-state index in [2.05, 4.69) is 241 Å². The number of aryl methyl sites for hydroxylation is 15. The molecule has 0 N–H and O–H groups in total. The average Bonchev–Trinajstić information content (AvgIpc) is 0.759. The minimum Gasteiger partial charge on any atom is -0.201 e. The van der Waals surface area contributed by atoms with Crippen LogP contribution in [-0.4, -0.2) is 0 Å². The van der Waals surface area contributed by atoms with Crippen molar-refractivity contribution in [2.24, 2.45) is 35.2 Å². The lowest BCUT2D eigenvalue weighted by atomic mass is 9.96. The van der Waals surface area contributed by atoms with E-state index >= 15 is 0 Å². The third-order valence-corrected chi connectivity index (χ3v) is 17.1. The monoisotopic (exact) mass is 1210 g/mol. The van der Waals surface area contributed by atoms with Gasteiger partial charge in [-0.2, -0.15) is 0 Å². The number of pyridine rings is 5. The van der Waals surface area contributed by atoms with Gasteiger partial charge in [-0.25, -0.2) is 22.8 Å². The molecule has 90 heavy (non-hydrogen) atoms. The standard InChI is InChI=1S/5C17H22N/c2*1-12(2)16-10-17(18(5)11-14(16)4)15-9-7-6-8-13(15)3;3*1-12(2)16-11-18(5)17(10-14(16)4)15-9-7-6-8-13(15)3/h5*6-12H,1-5H3/q5*+1/i1D3,4D3,12D;;1D3,12D;;. The Hall–Kier alpha value is -8.15. The Morgan fingerprint density at radius 3 is 0.800 bits per heavy atom. The van der Waals surface area contributed by atoms with Gasteiger partial charge in [-0.15, -0.1) is 0 Å². The fraction of sp³-hybridized carbons (Fsp3) is 0.353. The summed E-state index contributed by atoms with van der Waals surface area (Å²) in [6.07, 6.45) is 9.96. The lowest BCUT2D eigenvalue weighted by Crippen LogP contribution is -2.32. The molecule has 0 radical (unpaired) electrons.